The molecule has 0 amide bonds. The van der Waals surface area contributed by atoms with Crippen LogP contribution in [0.5, 0.6) is 0 Å². The molecule has 9 heteroatoms. The highest BCUT2D eigenvalue weighted by Gasteiger charge is 2.23. The highest BCUT2D eigenvalue weighted by atomic mass is 32.2. The van der Waals surface area contributed by atoms with E-state index in [2.05, 4.69) is 28.0 Å². The second kappa shape index (κ2) is 8.32. The van der Waals surface area contributed by atoms with Gasteiger partial charge in [0.25, 0.3) is 16.5 Å². The van der Waals surface area contributed by atoms with Crippen LogP contribution in [0.2, 0.25) is 0 Å². The number of aromatic nitrogens is 3. The molecule has 4 heterocycles. The van der Waals surface area contributed by atoms with Gasteiger partial charge in [-0.15, -0.1) is 0 Å². The quantitative estimate of drug-likeness (QED) is 0.671. The van der Waals surface area contributed by atoms with E-state index in [0.29, 0.717) is 11.0 Å². The van der Waals surface area contributed by atoms with E-state index >= 15 is 0 Å². The minimum atomic E-state index is -3.72. The number of carboxylic acid groups (broad SMARTS) is 1. The summed E-state index contributed by atoms with van der Waals surface area (Å²) in [7, 11) is -1.65. The molecule has 1 aliphatic heterocycles. The molecule has 146 valence electrons. The van der Waals surface area contributed by atoms with Gasteiger partial charge in [0.05, 0.1) is 11.0 Å². The maximum absolute atomic E-state index is 13.1. The normalized spacial score (nSPS) is 14.8. The molecular formula is C19H20N4O4S. The first kappa shape index (κ1) is 19.7. The zero-order valence-corrected chi connectivity index (χ0v) is 16.1. The largest absolute Gasteiger partial charge is 0.483 e. The lowest BCUT2D eigenvalue weighted by atomic mass is 10.0. The van der Waals surface area contributed by atoms with Crippen LogP contribution in [0.4, 0.5) is 0 Å². The molecule has 3 aromatic heterocycles. The fraction of sp³-hybridized carbons (Fsp3) is 0.211. The Morgan fingerprint density at radius 2 is 1.96 bits per heavy atom. The van der Waals surface area contributed by atoms with Gasteiger partial charge < -0.3 is 10.0 Å². The maximum atomic E-state index is 13.1. The van der Waals surface area contributed by atoms with Crippen LogP contribution >= 0.6 is 0 Å². The number of nitrogens with zero attached hydrogens (tertiary/aromatic N) is 4. The van der Waals surface area contributed by atoms with Crippen LogP contribution in [0.25, 0.3) is 16.6 Å². The highest BCUT2D eigenvalue weighted by Crippen LogP contribution is 2.31. The molecule has 1 N–H and O–H groups in total. The minimum absolute atomic E-state index is 0.166. The van der Waals surface area contributed by atoms with Crippen molar-refractivity contribution in [3.05, 3.63) is 60.7 Å². The summed E-state index contributed by atoms with van der Waals surface area (Å²) in [5, 5.41) is 6.89. The summed E-state index contributed by atoms with van der Waals surface area (Å²) in [6.07, 6.45) is 9.34. The van der Waals surface area contributed by atoms with Crippen LogP contribution in [0.15, 0.2) is 60.0 Å². The lowest BCUT2D eigenvalue weighted by Gasteiger charge is -2.21. The van der Waals surface area contributed by atoms with Crippen molar-refractivity contribution in [3.63, 3.8) is 0 Å². The van der Waals surface area contributed by atoms with E-state index in [0.717, 1.165) is 30.6 Å². The number of hydrogen-bond acceptors (Lipinski definition) is 6. The van der Waals surface area contributed by atoms with Crippen LogP contribution in [0, 0.1) is 0 Å². The van der Waals surface area contributed by atoms with E-state index in [1.165, 1.54) is 10.2 Å². The third-order valence-corrected chi connectivity index (χ3v) is 6.13. The lowest BCUT2D eigenvalue weighted by Crippen LogP contribution is -2.23. The van der Waals surface area contributed by atoms with Gasteiger partial charge in [-0.3, -0.25) is 14.8 Å². The van der Waals surface area contributed by atoms with Crippen LogP contribution in [-0.2, 0) is 14.8 Å². The topological polar surface area (TPSA) is 105 Å². The minimum Gasteiger partial charge on any atom is -0.483 e. The van der Waals surface area contributed by atoms with Crippen molar-refractivity contribution in [2.45, 2.75) is 11.3 Å². The number of pyridine rings is 2. The summed E-state index contributed by atoms with van der Waals surface area (Å²) in [5.41, 5.74) is 3.32. The van der Waals surface area contributed by atoms with Gasteiger partial charge in [0.15, 0.2) is 0 Å². The highest BCUT2D eigenvalue weighted by molar-refractivity contribution is 7.90. The van der Waals surface area contributed by atoms with E-state index < -0.39 is 10.0 Å². The molecular weight excluding hydrogens is 380 g/mol. The van der Waals surface area contributed by atoms with E-state index in [1.54, 1.807) is 42.9 Å². The number of hydrogen-bond donors (Lipinski definition) is 1. The van der Waals surface area contributed by atoms with E-state index in [9.17, 15) is 8.42 Å². The molecule has 1 aliphatic rings. The first-order valence-electron chi connectivity index (χ1n) is 8.56. The van der Waals surface area contributed by atoms with E-state index in [4.69, 9.17) is 9.90 Å². The predicted molar refractivity (Wildman–Crippen MR) is 105 cm³/mol. The molecule has 4 rings (SSSR count). The maximum Gasteiger partial charge on any atom is 0.290 e. The van der Waals surface area contributed by atoms with Crippen molar-refractivity contribution in [2.24, 2.45) is 0 Å². The summed E-state index contributed by atoms with van der Waals surface area (Å²) >= 11 is 0. The van der Waals surface area contributed by atoms with Crippen molar-refractivity contribution >= 4 is 33.1 Å². The molecule has 3 aromatic rings. The molecule has 8 nitrogen and oxygen atoms in total. The van der Waals surface area contributed by atoms with Gasteiger partial charge in [0, 0.05) is 43.4 Å². The zero-order valence-electron chi connectivity index (χ0n) is 15.3. The van der Waals surface area contributed by atoms with Crippen molar-refractivity contribution in [1.82, 2.24) is 18.8 Å². The Hall–Kier alpha value is -3.04. The van der Waals surface area contributed by atoms with Gasteiger partial charge in [-0.05, 0) is 43.3 Å². The molecule has 28 heavy (non-hydrogen) atoms. The van der Waals surface area contributed by atoms with Gasteiger partial charge in [0.2, 0.25) is 0 Å². The molecule has 0 fully saturated rings. The summed E-state index contributed by atoms with van der Waals surface area (Å²) < 4.78 is 27.4. The fourth-order valence-electron chi connectivity index (χ4n) is 3.09. The SMILES string of the molecule is CN1CC=C(c2cn(S(=O)(=O)c3cccnc3)c3cccnc23)CC1.O=CO. The number of carbonyl (C=O) groups is 1. The predicted octanol–water partition coefficient (Wildman–Crippen LogP) is 2.09. The fourth-order valence-corrected chi connectivity index (χ4v) is 4.41. The van der Waals surface area contributed by atoms with Crippen LogP contribution in [0.1, 0.15) is 12.0 Å². The smallest absolute Gasteiger partial charge is 0.290 e. The van der Waals surface area contributed by atoms with Crippen molar-refractivity contribution < 1.29 is 18.3 Å². The second-order valence-corrected chi connectivity index (χ2v) is 8.07. The summed E-state index contributed by atoms with van der Waals surface area (Å²) in [6.45, 7) is 1.55. The standard InChI is InChI=1S/C18H18N4O2S.CH2O2/c1-21-10-6-14(7-11-21)16-13-22(17-5-3-9-20-18(16)17)25(23,24)15-4-2-8-19-12-15;2-1-3/h2-6,8-9,12-13H,7,10-11H2,1H3;1H,(H,2,3). The summed E-state index contributed by atoms with van der Waals surface area (Å²) in [5.74, 6) is 0. The molecule has 0 unspecified atom stereocenters. The Kier molecular flexibility index (Phi) is 5.86. The van der Waals surface area contributed by atoms with Crippen molar-refractivity contribution in [3.8, 4) is 0 Å². The van der Waals surface area contributed by atoms with Gasteiger partial charge in [-0.25, -0.2) is 12.4 Å². The van der Waals surface area contributed by atoms with Crippen LogP contribution in [-0.4, -0.2) is 59.0 Å². The van der Waals surface area contributed by atoms with Gasteiger partial charge in [-0.1, -0.05) is 6.08 Å². The van der Waals surface area contributed by atoms with E-state index in [-0.39, 0.29) is 11.4 Å². The number of rotatable bonds is 3. The molecule has 0 bridgehead atoms. The Morgan fingerprint density at radius 3 is 2.61 bits per heavy atom. The first-order valence-corrected chi connectivity index (χ1v) is 10.0. The summed E-state index contributed by atoms with van der Waals surface area (Å²) in [4.78, 5) is 19.1. The van der Waals surface area contributed by atoms with Gasteiger partial charge in [-0.2, -0.15) is 0 Å². The van der Waals surface area contributed by atoms with Gasteiger partial charge in [0.1, 0.15) is 4.90 Å². The van der Waals surface area contributed by atoms with Gasteiger partial charge >= 0.3 is 0 Å². The molecule has 0 aromatic carbocycles. The van der Waals surface area contributed by atoms with Crippen molar-refractivity contribution in [2.75, 3.05) is 20.1 Å². The Balaban J connectivity index is 0.000000706. The Morgan fingerprint density at radius 1 is 1.21 bits per heavy atom. The molecule has 0 aliphatic carbocycles. The molecule has 0 radical (unpaired) electrons. The Bertz CT molecular complexity index is 1110. The van der Waals surface area contributed by atoms with Crippen molar-refractivity contribution in [1.29, 1.82) is 0 Å². The average Bonchev–Trinajstić information content (AvgIpc) is 3.10. The van der Waals surface area contributed by atoms with Crippen LogP contribution < -0.4 is 0 Å². The van der Waals surface area contributed by atoms with Crippen LogP contribution in [0.3, 0.4) is 0 Å². The third kappa shape index (κ3) is 3.80. The average molecular weight is 400 g/mol. The molecule has 0 saturated carbocycles. The van der Waals surface area contributed by atoms with E-state index in [1.807, 2.05) is 0 Å². The first-order chi connectivity index (χ1) is 13.5. The monoisotopic (exact) mass is 400 g/mol. The third-order valence-electron chi connectivity index (χ3n) is 4.47. The molecule has 0 atom stereocenters. The number of fused-ring (bicyclic) bond motifs is 1. The Labute approximate surface area is 162 Å². The molecule has 0 spiro atoms. The lowest BCUT2D eigenvalue weighted by molar-refractivity contribution is -0.122. The number of likely N-dealkylation sites (N-methyl/N-ethyl adjacent to an activating group) is 1. The summed E-state index contributed by atoms with van der Waals surface area (Å²) in [6, 6.07) is 6.72. The zero-order chi connectivity index (χ0) is 20.1. The molecule has 0 saturated heterocycles. The second-order valence-electron chi connectivity index (χ2n) is 6.25.